The Morgan fingerprint density at radius 1 is 0.946 bits per heavy atom. The summed E-state index contributed by atoms with van der Waals surface area (Å²) >= 11 is 0. The number of hydrogen-bond acceptors (Lipinski definition) is 9. The zero-order chi connectivity index (χ0) is 41.1. The molecular formula is C40H45N5O11. The molecule has 7 N–H and O–H groups in total. The maximum Gasteiger partial charge on any atom is 0.363 e. The van der Waals surface area contributed by atoms with E-state index in [1.165, 1.54) is 47.1 Å². The van der Waals surface area contributed by atoms with Crippen molar-refractivity contribution in [2.75, 3.05) is 11.4 Å². The smallest absolute Gasteiger partial charge is 0.363 e. The van der Waals surface area contributed by atoms with Crippen LogP contribution in [0.2, 0.25) is 0 Å². The van der Waals surface area contributed by atoms with Crippen molar-refractivity contribution in [1.82, 2.24) is 15.5 Å². The number of aliphatic hydroxyl groups excluding tert-OH is 1. The zero-order valence-corrected chi connectivity index (χ0v) is 31.4. The summed E-state index contributed by atoms with van der Waals surface area (Å²) in [5.74, 6) is -6.37. The summed E-state index contributed by atoms with van der Waals surface area (Å²) in [6, 6.07) is 16.8. The molecule has 4 unspecified atom stereocenters. The van der Waals surface area contributed by atoms with Crippen LogP contribution < -0.4 is 26.0 Å². The topological polar surface area (TPSA) is 246 Å². The Kier molecular flexibility index (Phi) is 11.8. The van der Waals surface area contributed by atoms with E-state index in [-0.39, 0.29) is 55.1 Å². The number of likely N-dealkylation sites (tertiary alicyclic amines) is 1. The molecule has 16 heteroatoms. The minimum absolute atomic E-state index is 0.00917. The number of benzene rings is 3. The molecule has 4 atom stereocenters. The van der Waals surface area contributed by atoms with Gasteiger partial charge in [-0.1, -0.05) is 57.2 Å². The van der Waals surface area contributed by atoms with Crippen molar-refractivity contribution in [2.24, 2.45) is 11.1 Å². The summed E-state index contributed by atoms with van der Waals surface area (Å²) in [5.41, 5.74) is 3.58. The fourth-order valence-corrected chi connectivity index (χ4v) is 6.98. The van der Waals surface area contributed by atoms with E-state index in [1.54, 1.807) is 32.9 Å². The molecular weight excluding hydrogens is 726 g/mol. The van der Waals surface area contributed by atoms with Gasteiger partial charge in [-0.05, 0) is 65.8 Å². The number of carbonyl (C=O) groups is 7. The number of hydrogen-bond donors (Lipinski definition) is 6. The third kappa shape index (κ3) is 8.49. The molecule has 5 rings (SSSR count). The van der Waals surface area contributed by atoms with Crippen LogP contribution in [-0.4, -0.2) is 92.0 Å². The first-order chi connectivity index (χ1) is 26.3. The van der Waals surface area contributed by atoms with E-state index in [0.29, 0.717) is 11.3 Å². The maximum absolute atomic E-state index is 14.6. The number of aryl methyl sites for hydroxylation is 1. The molecule has 0 bridgehead atoms. The average Bonchev–Trinajstić information content (AvgIpc) is 3.70. The summed E-state index contributed by atoms with van der Waals surface area (Å²) in [7, 11) is 0. The number of ether oxygens (including phenoxy) is 1. The van der Waals surface area contributed by atoms with E-state index < -0.39 is 70.8 Å². The van der Waals surface area contributed by atoms with Crippen LogP contribution in [0.3, 0.4) is 0 Å². The molecule has 2 heterocycles. The van der Waals surface area contributed by atoms with Gasteiger partial charge in [-0.3, -0.25) is 24.0 Å². The Hall–Kier alpha value is -6.29. The van der Waals surface area contributed by atoms with Crippen LogP contribution in [0.5, 0.6) is 5.75 Å². The number of carbonyl (C=O) groups excluding carboxylic acids is 5. The van der Waals surface area contributed by atoms with Crippen LogP contribution in [0.1, 0.15) is 73.7 Å². The standard InChI is InChI=1S/C40H45N5O11/c1-22(46)42-26-19-29(35(50)44(20-24-8-6-5-7-9-24)27-14-12-25(13-15-27)34(41)49)45(21-26)36(51)32(39(2,3)4)43-31(47)17-11-23-10-16-30-28(18-23)33(48)40(56-30,37(52)53)38(54)55/h5-10,12-16,18,26,29,32-33,48H,11,17,19-21H2,1-4H3,(H2,41,49)(H,42,46)(H,43,47)(H,52,53)(H,54,55). The van der Waals surface area contributed by atoms with Crippen LogP contribution in [0.15, 0.2) is 72.8 Å². The number of rotatable bonds is 13. The van der Waals surface area contributed by atoms with Crippen molar-refractivity contribution in [3.63, 3.8) is 0 Å². The van der Waals surface area contributed by atoms with Gasteiger partial charge in [0.15, 0.2) is 0 Å². The van der Waals surface area contributed by atoms with E-state index in [0.717, 1.165) is 5.56 Å². The number of carboxylic acids is 2. The van der Waals surface area contributed by atoms with Gasteiger partial charge in [-0.2, -0.15) is 0 Å². The molecule has 0 radical (unpaired) electrons. The number of fused-ring (bicyclic) bond motifs is 1. The SMILES string of the molecule is CC(=O)NC1CC(C(=O)N(Cc2ccccc2)c2ccc(C(N)=O)cc2)N(C(=O)C(NC(=O)CCc2ccc3c(c2)C(O)C(C(=O)O)(C(=O)O)O3)C(C)(C)C)C1. The van der Waals surface area contributed by atoms with Crippen molar-refractivity contribution >= 4 is 47.2 Å². The number of anilines is 1. The second-order valence-electron chi connectivity index (χ2n) is 15.0. The van der Waals surface area contributed by atoms with Crippen LogP contribution >= 0.6 is 0 Å². The molecule has 56 heavy (non-hydrogen) atoms. The number of aliphatic carboxylic acids is 2. The van der Waals surface area contributed by atoms with Crippen molar-refractivity contribution in [2.45, 2.75) is 83.3 Å². The average molecular weight is 772 g/mol. The van der Waals surface area contributed by atoms with E-state index in [4.69, 9.17) is 10.5 Å². The molecule has 0 saturated carbocycles. The number of nitrogens with zero attached hydrogens (tertiary/aromatic N) is 2. The van der Waals surface area contributed by atoms with Crippen molar-refractivity contribution in [3.8, 4) is 5.75 Å². The third-order valence-electron chi connectivity index (χ3n) is 9.91. The summed E-state index contributed by atoms with van der Waals surface area (Å²) in [6.07, 6.45) is -2.00. The molecule has 0 aromatic heterocycles. The van der Waals surface area contributed by atoms with E-state index in [1.807, 2.05) is 30.3 Å². The normalized spacial score (nSPS) is 18.9. The van der Waals surface area contributed by atoms with Crippen LogP contribution in [0, 0.1) is 5.41 Å². The first-order valence-corrected chi connectivity index (χ1v) is 17.9. The number of amides is 5. The number of aliphatic hydroxyl groups is 1. The Labute approximate surface area is 322 Å². The van der Waals surface area contributed by atoms with Gasteiger partial charge >= 0.3 is 17.5 Å². The highest BCUT2D eigenvalue weighted by atomic mass is 16.6. The lowest BCUT2D eigenvalue weighted by Crippen LogP contribution is -2.58. The molecule has 0 spiro atoms. The number of nitrogens with two attached hydrogens (primary N) is 1. The lowest BCUT2D eigenvalue weighted by atomic mass is 9.85. The summed E-state index contributed by atoms with van der Waals surface area (Å²) in [4.78, 5) is 93.1. The van der Waals surface area contributed by atoms with Crippen LogP contribution in [-0.2, 0) is 41.7 Å². The van der Waals surface area contributed by atoms with E-state index in [9.17, 15) is 48.9 Å². The Morgan fingerprint density at radius 2 is 1.59 bits per heavy atom. The molecule has 5 amide bonds. The fraction of sp³-hybridized carbons (Fsp3) is 0.375. The van der Waals surface area contributed by atoms with Gasteiger partial charge in [-0.15, -0.1) is 0 Å². The summed E-state index contributed by atoms with van der Waals surface area (Å²) < 4.78 is 5.17. The molecule has 296 valence electrons. The van der Waals surface area contributed by atoms with E-state index >= 15 is 0 Å². The van der Waals surface area contributed by atoms with Crippen molar-refractivity contribution < 1.29 is 53.6 Å². The van der Waals surface area contributed by atoms with Gasteiger partial charge in [0.2, 0.25) is 29.5 Å². The first-order valence-electron chi connectivity index (χ1n) is 17.9. The summed E-state index contributed by atoms with van der Waals surface area (Å²) in [6.45, 7) is 6.73. The fourth-order valence-electron chi connectivity index (χ4n) is 6.98. The second-order valence-corrected chi connectivity index (χ2v) is 15.0. The molecule has 1 saturated heterocycles. The Morgan fingerprint density at radius 3 is 2.16 bits per heavy atom. The lowest BCUT2D eigenvalue weighted by molar-refractivity contribution is -0.180. The van der Waals surface area contributed by atoms with Gasteiger partial charge in [0.25, 0.3) is 0 Å². The van der Waals surface area contributed by atoms with Gasteiger partial charge in [0.1, 0.15) is 23.9 Å². The molecule has 3 aromatic carbocycles. The minimum atomic E-state index is -2.92. The number of nitrogens with one attached hydrogen (secondary N) is 2. The van der Waals surface area contributed by atoms with Crippen molar-refractivity contribution in [3.05, 3.63) is 95.1 Å². The molecule has 3 aromatic rings. The maximum atomic E-state index is 14.6. The monoisotopic (exact) mass is 771 g/mol. The van der Waals surface area contributed by atoms with Crippen LogP contribution in [0.4, 0.5) is 5.69 Å². The second kappa shape index (κ2) is 16.2. The van der Waals surface area contributed by atoms with Gasteiger partial charge in [-0.25, -0.2) is 9.59 Å². The molecule has 0 aliphatic carbocycles. The highest BCUT2D eigenvalue weighted by molar-refractivity contribution is 6.04. The predicted molar refractivity (Wildman–Crippen MR) is 200 cm³/mol. The number of carboxylic acid groups (broad SMARTS) is 2. The first kappa shape index (κ1) is 40.9. The lowest BCUT2D eigenvalue weighted by Gasteiger charge is -2.36. The van der Waals surface area contributed by atoms with Crippen molar-refractivity contribution in [1.29, 1.82) is 0 Å². The van der Waals surface area contributed by atoms with E-state index in [2.05, 4.69) is 10.6 Å². The number of primary amides is 1. The Bertz CT molecular complexity index is 2020. The van der Waals surface area contributed by atoms with Gasteiger partial charge in [0.05, 0.1) is 6.54 Å². The molecule has 2 aliphatic rings. The summed E-state index contributed by atoms with van der Waals surface area (Å²) in [5, 5.41) is 35.4. The predicted octanol–water partition coefficient (Wildman–Crippen LogP) is 1.92. The highest BCUT2D eigenvalue weighted by Crippen LogP contribution is 2.44. The molecule has 1 fully saturated rings. The Balaban J connectivity index is 1.38. The quantitative estimate of drug-likeness (QED) is 0.137. The minimum Gasteiger partial charge on any atom is -0.478 e. The third-order valence-corrected chi connectivity index (χ3v) is 9.91. The van der Waals surface area contributed by atoms with Gasteiger partial charge < -0.3 is 46.2 Å². The zero-order valence-electron chi connectivity index (χ0n) is 31.4. The molecule has 16 nitrogen and oxygen atoms in total. The van der Waals surface area contributed by atoms with Crippen LogP contribution in [0.25, 0.3) is 0 Å². The largest absolute Gasteiger partial charge is 0.478 e. The van der Waals surface area contributed by atoms with Gasteiger partial charge in [0, 0.05) is 42.7 Å². The molecule has 2 aliphatic heterocycles. The highest BCUT2D eigenvalue weighted by Gasteiger charge is 2.61.